The molecule has 0 aliphatic rings. The lowest BCUT2D eigenvalue weighted by Crippen LogP contribution is -2.26. The van der Waals surface area contributed by atoms with Crippen LogP contribution in [0.25, 0.3) is 0 Å². The minimum Gasteiger partial charge on any atom is -0.469 e. The number of unbranched alkanes of at least 4 members (excludes halogenated alkanes) is 1. The first-order valence-electron chi connectivity index (χ1n) is 6.51. The summed E-state index contributed by atoms with van der Waals surface area (Å²) in [5.74, 6) is -0.187. The Morgan fingerprint density at radius 1 is 1.16 bits per heavy atom. The van der Waals surface area contributed by atoms with Crippen LogP contribution in [0.5, 0.6) is 0 Å². The van der Waals surface area contributed by atoms with Crippen LogP contribution >= 0.6 is 0 Å². The van der Waals surface area contributed by atoms with Crippen LogP contribution in [0.3, 0.4) is 0 Å². The van der Waals surface area contributed by atoms with Gasteiger partial charge in [-0.1, -0.05) is 29.8 Å². The van der Waals surface area contributed by atoms with E-state index in [1.54, 1.807) is 0 Å². The third kappa shape index (κ3) is 6.60. The van der Waals surface area contributed by atoms with Crippen molar-refractivity contribution < 1.29 is 14.3 Å². The molecule has 19 heavy (non-hydrogen) atoms. The van der Waals surface area contributed by atoms with Gasteiger partial charge in [0, 0.05) is 13.0 Å². The highest BCUT2D eigenvalue weighted by molar-refractivity contribution is 5.78. The monoisotopic (exact) mass is 263 g/mol. The van der Waals surface area contributed by atoms with Gasteiger partial charge in [0.2, 0.25) is 5.91 Å². The van der Waals surface area contributed by atoms with Gasteiger partial charge < -0.3 is 10.1 Å². The summed E-state index contributed by atoms with van der Waals surface area (Å²) in [6.07, 6.45) is 2.33. The Hall–Kier alpha value is -1.84. The van der Waals surface area contributed by atoms with Crippen LogP contribution < -0.4 is 5.32 Å². The number of methoxy groups -OCH3 is 1. The first kappa shape index (κ1) is 15.2. The lowest BCUT2D eigenvalue weighted by Gasteiger charge is -2.05. The number of ether oxygens (including phenoxy) is 1. The maximum absolute atomic E-state index is 11.6. The van der Waals surface area contributed by atoms with E-state index in [0.29, 0.717) is 19.4 Å². The second-order valence-corrected chi connectivity index (χ2v) is 4.55. The number of aryl methyl sites for hydroxylation is 1. The van der Waals surface area contributed by atoms with E-state index in [0.717, 1.165) is 18.4 Å². The van der Waals surface area contributed by atoms with Crippen LogP contribution in [-0.2, 0) is 20.7 Å². The largest absolute Gasteiger partial charge is 0.469 e. The highest BCUT2D eigenvalue weighted by Gasteiger charge is 2.03. The number of hydrogen-bond acceptors (Lipinski definition) is 3. The SMILES string of the molecule is COC(=O)CCCCNC(=O)Cc1ccc(C)cc1. The van der Waals surface area contributed by atoms with E-state index in [-0.39, 0.29) is 11.9 Å². The van der Waals surface area contributed by atoms with Crippen LogP contribution in [0.1, 0.15) is 30.4 Å². The molecule has 4 nitrogen and oxygen atoms in total. The Morgan fingerprint density at radius 3 is 2.47 bits per heavy atom. The van der Waals surface area contributed by atoms with Gasteiger partial charge in [-0.2, -0.15) is 0 Å². The second kappa shape index (κ2) is 8.29. The molecule has 0 atom stereocenters. The van der Waals surface area contributed by atoms with Crippen LogP contribution in [-0.4, -0.2) is 25.5 Å². The van der Waals surface area contributed by atoms with Crippen molar-refractivity contribution in [1.82, 2.24) is 5.32 Å². The molecule has 1 rings (SSSR count). The fourth-order valence-corrected chi connectivity index (χ4v) is 1.68. The first-order valence-corrected chi connectivity index (χ1v) is 6.51. The number of rotatable bonds is 7. The van der Waals surface area contributed by atoms with E-state index in [4.69, 9.17) is 0 Å². The summed E-state index contributed by atoms with van der Waals surface area (Å²) in [5.41, 5.74) is 2.20. The number of amides is 1. The molecule has 104 valence electrons. The van der Waals surface area contributed by atoms with Crippen molar-refractivity contribution in [1.29, 1.82) is 0 Å². The number of hydrogen-bond donors (Lipinski definition) is 1. The molecule has 1 N–H and O–H groups in total. The van der Waals surface area contributed by atoms with E-state index < -0.39 is 0 Å². The highest BCUT2D eigenvalue weighted by atomic mass is 16.5. The molecule has 1 aromatic rings. The molecular formula is C15H21NO3. The van der Waals surface area contributed by atoms with Crippen molar-refractivity contribution in [2.45, 2.75) is 32.6 Å². The number of benzene rings is 1. The summed E-state index contributed by atoms with van der Waals surface area (Å²) in [6, 6.07) is 7.93. The van der Waals surface area contributed by atoms with Gasteiger partial charge in [-0.3, -0.25) is 9.59 Å². The molecule has 0 spiro atoms. The maximum atomic E-state index is 11.6. The van der Waals surface area contributed by atoms with Gasteiger partial charge in [0.25, 0.3) is 0 Å². The zero-order chi connectivity index (χ0) is 14.1. The zero-order valence-corrected chi connectivity index (χ0v) is 11.6. The van der Waals surface area contributed by atoms with Crippen molar-refractivity contribution >= 4 is 11.9 Å². The Labute approximate surface area is 114 Å². The molecule has 1 amide bonds. The summed E-state index contributed by atoms with van der Waals surface area (Å²) < 4.78 is 4.54. The molecule has 0 aromatic heterocycles. The molecule has 1 aromatic carbocycles. The van der Waals surface area contributed by atoms with Gasteiger partial charge in [0.1, 0.15) is 0 Å². The average Bonchev–Trinajstić information content (AvgIpc) is 2.40. The van der Waals surface area contributed by atoms with Crippen LogP contribution in [0.15, 0.2) is 24.3 Å². The third-order valence-electron chi connectivity index (χ3n) is 2.84. The molecule has 0 saturated heterocycles. The van der Waals surface area contributed by atoms with Crippen LogP contribution in [0, 0.1) is 6.92 Å². The Bertz CT molecular complexity index is 412. The fraction of sp³-hybridized carbons (Fsp3) is 0.467. The van der Waals surface area contributed by atoms with Gasteiger partial charge in [-0.25, -0.2) is 0 Å². The van der Waals surface area contributed by atoms with Gasteiger partial charge in [0.05, 0.1) is 13.5 Å². The van der Waals surface area contributed by atoms with Gasteiger partial charge in [-0.15, -0.1) is 0 Å². The van der Waals surface area contributed by atoms with Crippen molar-refractivity contribution in [3.8, 4) is 0 Å². The standard InChI is InChI=1S/C15H21NO3/c1-12-6-8-13(9-7-12)11-14(17)16-10-4-3-5-15(18)19-2/h6-9H,3-5,10-11H2,1-2H3,(H,16,17). The lowest BCUT2D eigenvalue weighted by molar-refractivity contribution is -0.140. The predicted octanol–water partition coefficient (Wildman–Crippen LogP) is 2.00. The van der Waals surface area contributed by atoms with E-state index in [1.807, 2.05) is 31.2 Å². The van der Waals surface area contributed by atoms with Crippen molar-refractivity contribution in [2.24, 2.45) is 0 Å². The Kier molecular flexibility index (Phi) is 6.64. The van der Waals surface area contributed by atoms with Crippen LogP contribution in [0.2, 0.25) is 0 Å². The van der Waals surface area contributed by atoms with E-state index in [1.165, 1.54) is 12.7 Å². The minimum atomic E-state index is -0.203. The predicted molar refractivity (Wildman–Crippen MR) is 73.8 cm³/mol. The number of carbonyl (C=O) groups is 2. The minimum absolute atomic E-state index is 0.0157. The van der Waals surface area contributed by atoms with E-state index >= 15 is 0 Å². The number of nitrogens with one attached hydrogen (secondary N) is 1. The number of esters is 1. The maximum Gasteiger partial charge on any atom is 0.305 e. The van der Waals surface area contributed by atoms with E-state index in [2.05, 4.69) is 10.1 Å². The van der Waals surface area contributed by atoms with E-state index in [9.17, 15) is 9.59 Å². The highest BCUT2D eigenvalue weighted by Crippen LogP contribution is 2.03. The topological polar surface area (TPSA) is 55.4 Å². The van der Waals surface area contributed by atoms with Crippen molar-refractivity contribution in [3.63, 3.8) is 0 Å². The summed E-state index contributed by atoms with van der Waals surface area (Å²) >= 11 is 0. The summed E-state index contributed by atoms with van der Waals surface area (Å²) in [5, 5.41) is 2.85. The summed E-state index contributed by atoms with van der Waals surface area (Å²) in [4.78, 5) is 22.5. The fourth-order valence-electron chi connectivity index (χ4n) is 1.68. The molecule has 0 radical (unpaired) electrons. The molecule has 0 saturated carbocycles. The summed E-state index contributed by atoms with van der Waals surface area (Å²) in [7, 11) is 1.38. The molecule has 0 aliphatic heterocycles. The third-order valence-corrected chi connectivity index (χ3v) is 2.84. The lowest BCUT2D eigenvalue weighted by atomic mass is 10.1. The normalized spacial score (nSPS) is 10.0. The second-order valence-electron chi connectivity index (χ2n) is 4.55. The Balaban J connectivity index is 2.14. The average molecular weight is 263 g/mol. The molecular weight excluding hydrogens is 242 g/mol. The number of carbonyl (C=O) groups excluding carboxylic acids is 2. The molecule has 0 fully saturated rings. The van der Waals surface area contributed by atoms with Crippen LogP contribution in [0.4, 0.5) is 0 Å². The van der Waals surface area contributed by atoms with Gasteiger partial charge in [-0.05, 0) is 25.3 Å². The summed E-state index contributed by atoms with van der Waals surface area (Å²) in [6.45, 7) is 2.62. The molecule has 0 unspecified atom stereocenters. The van der Waals surface area contributed by atoms with Crippen molar-refractivity contribution in [2.75, 3.05) is 13.7 Å². The van der Waals surface area contributed by atoms with Gasteiger partial charge >= 0.3 is 5.97 Å². The zero-order valence-electron chi connectivity index (χ0n) is 11.6. The molecule has 0 bridgehead atoms. The molecule has 0 heterocycles. The molecule has 4 heteroatoms. The quantitative estimate of drug-likeness (QED) is 0.604. The smallest absolute Gasteiger partial charge is 0.305 e. The first-order chi connectivity index (χ1) is 9.11. The van der Waals surface area contributed by atoms with Gasteiger partial charge in [0.15, 0.2) is 0 Å². The Morgan fingerprint density at radius 2 is 1.84 bits per heavy atom. The van der Waals surface area contributed by atoms with Crippen molar-refractivity contribution in [3.05, 3.63) is 35.4 Å². The molecule has 0 aliphatic carbocycles.